The minimum Gasteiger partial charge on any atom is -0.496 e. The van der Waals surface area contributed by atoms with E-state index >= 15 is 0 Å². The van der Waals surface area contributed by atoms with E-state index in [-0.39, 0.29) is 35.9 Å². The summed E-state index contributed by atoms with van der Waals surface area (Å²) in [5.41, 5.74) is -0.464. The zero-order valence-corrected chi connectivity index (χ0v) is 22.2. The second-order valence-electron chi connectivity index (χ2n) is 8.49. The number of carbonyl (C=O) groups excluding carboxylic acids is 1. The standard InChI is InChI=1S/C28H24F3NO7S/c1-36-24-12-5-13-25(37-2)26(24)27(33)32(18-22-10-6-14-38-22)17-19-7-3-9-21(15-19)39-40(34,35)23-11-4-8-20(16-23)28(29,30)31/h3-16H,17-18H2,1-2H3. The molecule has 12 heteroatoms. The highest BCUT2D eigenvalue weighted by Gasteiger charge is 2.32. The number of carbonyl (C=O) groups is 1. The molecule has 0 radical (unpaired) electrons. The molecule has 4 rings (SSSR count). The summed E-state index contributed by atoms with van der Waals surface area (Å²) in [6.45, 7) is 0.0438. The maximum atomic E-state index is 13.8. The lowest BCUT2D eigenvalue weighted by Gasteiger charge is -2.24. The minimum atomic E-state index is -4.72. The van der Waals surface area contributed by atoms with Crippen molar-refractivity contribution in [3.8, 4) is 17.2 Å². The van der Waals surface area contributed by atoms with E-state index in [0.717, 1.165) is 18.2 Å². The molecule has 0 saturated heterocycles. The number of halogens is 3. The van der Waals surface area contributed by atoms with Gasteiger partial charge < -0.3 is 23.0 Å². The molecular weight excluding hydrogens is 551 g/mol. The Kier molecular flexibility index (Phi) is 8.38. The zero-order chi connectivity index (χ0) is 28.9. The van der Waals surface area contributed by atoms with Crippen LogP contribution in [0.15, 0.2) is 94.4 Å². The molecule has 4 aromatic rings. The second-order valence-corrected chi connectivity index (χ2v) is 10.0. The van der Waals surface area contributed by atoms with Gasteiger partial charge in [0.25, 0.3) is 5.91 Å². The largest absolute Gasteiger partial charge is 0.496 e. The van der Waals surface area contributed by atoms with Gasteiger partial charge in [0.15, 0.2) is 0 Å². The van der Waals surface area contributed by atoms with Crippen molar-refractivity contribution >= 4 is 16.0 Å². The molecule has 8 nitrogen and oxygen atoms in total. The van der Waals surface area contributed by atoms with E-state index in [1.165, 1.54) is 43.6 Å². The van der Waals surface area contributed by atoms with Crippen molar-refractivity contribution in [3.05, 3.63) is 108 Å². The number of hydrogen-bond acceptors (Lipinski definition) is 7. The van der Waals surface area contributed by atoms with Crippen LogP contribution in [0.4, 0.5) is 13.2 Å². The van der Waals surface area contributed by atoms with Gasteiger partial charge in [0, 0.05) is 6.54 Å². The van der Waals surface area contributed by atoms with Gasteiger partial charge in [-0.25, -0.2) is 0 Å². The molecule has 210 valence electrons. The number of hydrogen-bond donors (Lipinski definition) is 0. The monoisotopic (exact) mass is 575 g/mol. The maximum absolute atomic E-state index is 13.8. The van der Waals surface area contributed by atoms with Gasteiger partial charge in [0.2, 0.25) is 0 Å². The Balaban J connectivity index is 1.63. The second kappa shape index (κ2) is 11.7. The number of nitrogens with zero attached hydrogens (tertiary/aromatic N) is 1. The van der Waals surface area contributed by atoms with Crippen LogP contribution in [0.3, 0.4) is 0 Å². The van der Waals surface area contributed by atoms with Crippen molar-refractivity contribution in [2.45, 2.75) is 24.2 Å². The number of methoxy groups -OCH3 is 2. The Morgan fingerprint density at radius 3 is 2.17 bits per heavy atom. The lowest BCUT2D eigenvalue weighted by molar-refractivity contribution is -0.137. The first-order valence-electron chi connectivity index (χ1n) is 11.7. The van der Waals surface area contributed by atoms with E-state index in [1.54, 1.807) is 36.4 Å². The van der Waals surface area contributed by atoms with E-state index in [0.29, 0.717) is 17.4 Å². The third kappa shape index (κ3) is 6.57. The predicted molar refractivity (Wildman–Crippen MR) is 138 cm³/mol. The van der Waals surface area contributed by atoms with E-state index in [2.05, 4.69) is 0 Å². The van der Waals surface area contributed by atoms with Crippen LogP contribution in [0.5, 0.6) is 17.2 Å². The van der Waals surface area contributed by atoms with Crippen LogP contribution in [0.25, 0.3) is 0 Å². The van der Waals surface area contributed by atoms with E-state index < -0.39 is 32.7 Å². The van der Waals surface area contributed by atoms with E-state index in [9.17, 15) is 26.4 Å². The summed E-state index contributed by atoms with van der Waals surface area (Å²) in [6, 6.07) is 17.4. The first-order valence-corrected chi connectivity index (χ1v) is 13.2. The summed E-state index contributed by atoms with van der Waals surface area (Å²) in [5, 5.41) is 0. The van der Waals surface area contributed by atoms with Crippen molar-refractivity contribution in [3.63, 3.8) is 0 Å². The molecular formula is C28H24F3NO7S. The number of amides is 1. The van der Waals surface area contributed by atoms with E-state index in [1.807, 2.05) is 0 Å². The average molecular weight is 576 g/mol. The van der Waals surface area contributed by atoms with Gasteiger partial charge in [-0.2, -0.15) is 21.6 Å². The predicted octanol–water partition coefficient (Wildman–Crippen LogP) is 5.93. The quantitative estimate of drug-likeness (QED) is 0.217. The summed E-state index contributed by atoms with van der Waals surface area (Å²) in [7, 11) is -1.74. The molecule has 0 fully saturated rings. The molecule has 0 unspecified atom stereocenters. The summed E-state index contributed by atoms with van der Waals surface area (Å²) < 4.78 is 86.1. The highest BCUT2D eigenvalue weighted by atomic mass is 32.2. The van der Waals surface area contributed by atoms with Crippen LogP contribution in [0.1, 0.15) is 27.2 Å². The fourth-order valence-electron chi connectivity index (χ4n) is 3.93. The Bertz CT molecular complexity index is 1560. The summed E-state index contributed by atoms with van der Waals surface area (Å²) in [6.07, 6.45) is -3.26. The number of furan rings is 1. The van der Waals surface area contributed by atoms with Gasteiger partial charge in [-0.05, 0) is 60.2 Å². The van der Waals surface area contributed by atoms with Crippen molar-refractivity contribution < 1.29 is 44.5 Å². The number of rotatable bonds is 10. The molecule has 1 aromatic heterocycles. The molecule has 0 saturated carbocycles. The smallest absolute Gasteiger partial charge is 0.416 e. The van der Waals surface area contributed by atoms with Gasteiger partial charge in [-0.3, -0.25) is 4.79 Å². The molecule has 0 atom stereocenters. The molecule has 0 aliphatic carbocycles. The van der Waals surface area contributed by atoms with Crippen molar-refractivity contribution in [1.82, 2.24) is 4.90 Å². The molecule has 1 heterocycles. The molecule has 0 N–H and O–H groups in total. The minimum absolute atomic E-state index is 0.0124. The lowest BCUT2D eigenvalue weighted by Crippen LogP contribution is -2.30. The van der Waals surface area contributed by atoms with Gasteiger partial charge in [0.1, 0.15) is 33.5 Å². The van der Waals surface area contributed by atoms with Gasteiger partial charge >= 0.3 is 16.3 Å². The molecule has 1 amide bonds. The SMILES string of the molecule is COc1cccc(OC)c1C(=O)N(Cc1cccc(OS(=O)(=O)c2cccc(C(F)(F)F)c2)c1)Cc1ccco1. The fourth-order valence-corrected chi connectivity index (χ4v) is 4.90. The highest BCUT2D eigenvalue weighted by Crippen LogP contribution is 2.32. The first kappa shape index (κ1) is 28.6. The van der Waals surface area contributed by atoms with Crippen LogP contribution in [0, 0.1) is 0 Å². The van der Waals surface area contributed by atoms with Crippen LogP contribution in [-0.4, -0.2) is 33.4 Å². The summed E-state index contributed by atoms with van der Waals surface area (Å²) in [5.74, 6) is 0.474. The van der Waals surface area contributed by atoms with Crippen LogP contribution < -0.4 is 13.7 Å². The van der Waals surface area contributed by atoms with Gasteiger partial charge in [-0.15, -0.1) is 0 Å². The highest BCUT2D eigenvalue weighted by molar-refractivity contribution is 7.87. The molecule has 0 spiro atoms. The Hall–Kier alpha value is -4.45. The third-order valence-electron chi connectivity index (χ3n) is 5.78. The van der Waals surface area contributed by atoms with E-state index in [4.69, 9.17) is 18.1 Å². The number of alkyl halides is 3. The third-order valence-corrected chi connectivity index (χ3v) is 7.03. The Morgan fingerprint density at radius 1 is 0.875 bits per heavy atom. The molecule has 0 aliphatic heterocycles. The Labute approximate surface area is 228 Å². The van der Waals surface area contributed by atoms with Crippen molar-refractivity contribution in [2.75, 3.05) is 14.2 Å². The maximum Gasteiger partial charge on any atom is 0.416 e. The Morgan fingerprint density at radius 2 is 1.55 bits per heavy atom. The summed E-state index contributed by atoms with van der Waals surface area (Å²) >= 11 is 0. The first-order chi connectivity index (χ1) is 19.0. The average Bonchev–Trinajstić information content (AvgIpc) is 3.44. The van der Waals surface area contributed by atoms with Crippen LogP contribution in [-0.2, 0) is 29.4 Å². The normalized spacial score (nSPS) is 11.6. The zero-order valence-electron chi connectivity index (χ0n) is 21.3. The molecule has 3 aromatic carbocycles. The van der Waals surface area contributed by atoms with Gasteiger partial charge in [-0.1, -0.05) is 24.3 Å². The number of ether oxygens (including phenoxy) is 2. The van der Waals surface area contributed by atoms with Crippen LogP contribution >= 0.6 is 0 Å². The summed E-state index contributed by atoms with van der Waals surface area (Å²) in [4.78, 5) is 14.5. The molecule has 40 heavy (non-hydrogen) atoms. The van der Waals surface area contributed by atoms with Gasteiger partial charge in [0.05, 0.1) is 32.6 Å². The lowest BCUT2D eigenvalue weighted by atomic mass is 10.1. The molecule has 0 aliphatic rings. The number of benzene rings is 3. The van der Waals surface area contributed by atoms with Crippen LogP contribution in [0.2, 0.25) is 0 Å². The van der Waals surface area contributed by atoms with Crippen molar-refractivity contribution in [2.24, 2.45) is 0 Å². The fraction of sp³-hybridized carbons (Fsp3) is 0.179. The molecule has 0 bridgehead atoms. The van der Waals surface area contributed by atoms with Crippen molar-refractivity contribution in [1.29, 1.82) is 0 Å². The topological polar surface area (TPSA) is 95.3 Å².